The van der Waals surface area contributed by atoms with Gasteiger partial charge in [0.2, 0.25) is 5.91 Å². The number of anilines is 2. The third kappa shape index (κ3) is 6.02. The molecule has 2 N–H and O–H groups in total. The molecule has 1 unspecified atom stereocenters. The maximum Gasteiger partial charge on any atom is 0.442 e. The smallest absolute Gasteiger partial charge is 0.442 e. The first-order chi connectivity index (χ1) is 17.2. The highest BCUT2D eigenvalue weighted by Crippen LogP contribution is 2.39. The number of hydrogen-bond donors (Lipinski definition) is 2. The van der Waals surface area contributed by atoms with Crippen molar-refractivity contribution in [2.24, 2.45) is 0 Å². The predicted molar refractivity (Wildman–Crippen MR) is 121 cm³/mol. The van der Waals surface area contributed by atoms with Crippen LogP contribution in [0.4, 0.5) is 33.7 Å². The van der Waals surface area contributed by atoms with Crippen LogP contribution in [0.15, 0.2) is 47.4 Å². The summed E-state index contributed by atoms with van der Waals surface area (Å²) in [5.41, 5.74) is -3.70. The van der Waals surface area contributed by atoms with Gasteiger partial charge in [-0.2, -0.15) is 18.4 Å². The highest BCUT2D eigenvalue weighted by atomic mass is 32.2. The fraction of sp³-hybridized carbons (Fsp3) is 0.318. The molecule has 1 aliphatic heterocycles. The zero-order valence-corrected chi connectivity index (χ0v) is 20.1. The molecule has 0 aromatic heterocycles. The van der Waals surface area contributed by atoms with Crippen LogP contribution in [0.3, 0.4) is 0 Å². The molecule has 0 radical (unpaired) electrons. The number of nitriles is 1. The number of sulfonamides is 1. The SMILES string of the molecule is CC(=O)NC[C@H]1CN(S(=O)(=O)c2ccc(F)cc2)c2cc(NC(=O)OC(C)(C#N)C(F)(F)F)ccc2O1. The van der Waals surface area contributed by atoms with Gasteiger partial charge >= 0.3 is 12.3 Å². The van der Waals surface area contributed by atoms with E-state index in [4.69, 9.17) is 10.00 Å². The number of carbonyl (C=O) groups is 2. The van der Waals surface area contributed by atoms with Crippen molar-refractivity contribution in [3.63, 3.8) is 0 Å². The number of carbonyl (C=O) groups excluding carboxylic acids is 2. The number of rotatable bonds is 6. The van der Waals surface area contributed by atoms with Crippen LogP contribution in [0.5, 0.6) is 5.75 Å². The van der Waals surface area contributed by atoms with Crippen LogP contribution in [0.25, 0.3) is 0 Å². The Morgan fingerprint density at radius 2 is 1.86 bits per heavy atom. The largest absolute Gasteiger partial charge is 0.484 e. The van der Waals surface area contributed by atoms with Gasteiger partial charge in [0.25, 0.3) is 15.6 Å². The van der Waals surface area contributed by atoms with E-state index < -0.39 is 39.8 Å². The lowest BCUT2D eigenvalue weighted by molar-refractivity contribution is -0.227. The first-order valence-corrected chi connectivity index (χ1v) is 11.9. The van der Waals surface area contributed by atoms with Crippen molar-refractivity contribution in [3.05, 3.63) is 48.3 Å². The van der Waals surface area contributed by atoms with Gasteiger partial charge in [-0.25, -0.2) is 17.6 Å². The van der Waals surface area contributed by atoms with Gasteiger partial charge < -0.3 is 14.8 Å². The monoisotopic (exact) mass is 544 g/mol. The molecule has 0 aliphatic carbocycles. The topological polar surface area (TPSA) is 138 Å². The Kier molecular flexibility index (Phi) is 7.54. The Hall–Kier alpha value is -4.06. The van der Waals surface area contributed by atoms with E-state index >= 15 is 0 Å². The maximum atomic E-state index is 13.4. The number of benzene rings is 2. The van der Waals surface area contributed by atoms with E-state index in [-0.39, 0.29) is 41.0 Å². The molecule has 1 aliphatic rings. The third-order valence-corrected chi connectivity index (χ3v) is 6.96. The van der Waals surface area contributed by atoms with Crippen molar-refractivity contribution in [2.75, 3.05) is 22.7 Å². The van der Waals surface area contributed by atoms with E-state index in [9.17, 15) is 35.6 Å². The highest BCUT2D eigenvalue weighted by molar-refractivity contribution is 7.92. The molecule has 10 nitrogen and oxygen atoms in total. The normalized spacial score (nSPS) is 16.9. The Morgan fingerprint density at radius 3 is 2.43 bits per heavy atom. The van der Waals surface area contributed by atoms with Crippen molar-refractivity contribution >= 4 is 33.4 Å². The summed E-state index contributed by atoms with van der Waals surface area (Å²) in [7, 11) is -4.32. The fourth-order valence-corrected chi connectivity index (χ4v) is 4.69. The summed E-state index contributed by atoms with van der Waals surface area (Å²) in [4.78, 5) is 23.2. The van der Waals surface area contributed by atoms with Crippen molar-refractivity contribution in [1.29, 1.82) is 5.26 Å². The van der Waals surface area contributed by atoms with Gasteiger partial charge in [-0.05, 0) is 49.4 Å². The Labute approximate surface area is 208 Å². The van der Waals surface area contributed by atoms with Crippen molar-refractivity contribution in [3.8, 4) is 11.8 Å². The number of halogens is 4. The van der Waals surface area contributed by atoms with E-state index in [0.717, 1.165) is 40.7 Å². The summed E-state index contributed by atoms with van der Waals surface area (Å²) < 4.78 is 90.3. The fourth-order valence-electron chi connectivity index (χ4n) is 3.19. The first kappa shape index (κ1) is 27.5. The van der Waals surface area contributed by atoms with E-state index in [1.165, 1.54) is 19.1 Å². The van der Waals surface area contributed by atoms with Gasteiger partial charge in [0.1, 0.15) is 23.7 Å². The predicted octanol–water partition coefficient (Wildman–Crippen LogP) is 3.31. The summed E-state index contributed by atoms with van der Waals surface area (Å²) in [5, 5.41) is 13.4. The summed E-state index contributed by atoms with van der Waals surface area (Å²) in [5.74, 6) is -1.04. The molecule has 0 fully saturated rings. The molecule has 2 aromatic rings. The summed E-state index contributed by atoms with van der Waals surface area (Å²) in [6, 6.07) is 8.45. The van der Waals surface area contributed by atoms with Crippen LogP contribution < -0.4 is 19.7 Å². The maximum absolute atomic E-state index is 13.4. The average Bonchev–Trinajstić information content (AvgIpc) is 2.81. The van der Waals surface area contributed by atoms with Gasteiger partial charge in [-0.1, -0.05) is 0 Å². The van der Waals surface area contributed by atoms with E-state index in [2.05, 4.69) is 10.1 Å². The summed E-state index contributed by atoms with van der Waals surface area (Å²) >= 11 is 0. The lowest BCUT2D eigenvalue weighted by Crippen LogP contribution is -2.48. The number of nitrogens with one attached hydrogen (secondary N) is 2. The molecule has 0 spiro atoms. The van der Waals surface area contributed by atoms with Gasteiger partial charge in [0.15, 0.2) is 0 Å². The van der Waals surface area contributed by atoms with Crippen LogP contribution in [-0.4, -0.2) is 51.4 Å². The van der Waals surface area contributed by atoms with E-state index in [1.54, 1.807) is 0 Å². The highest BCUT2D eigenvalue weighted by Gasteiger charge is 2.55. The minimum absolute atomic E-state index is 0.0170. The zero-order valence-electron chi connectivity index (χ0n) is 19.3. The molecule has 3 rings (SSSR count). The number of hydrogen-bond acceptors (Lipinski definition) is 7. The van der Waals surface area contributed by atoms with Crippen molar-refractivity contribution in [1.82, 2.24) is 5.32 Å². The second-order valence-electron chi connectivity index (χ2n) is 8.01. The van der Waals surface area contributed by atoms with Gasteiger partial charge in [-0.3, -0.25) is 14.4 Å². The quantitative estimate of drug-likeness (QED) is 0.532. The molecular weight excluding hydrogens is 524 g/mol. The minimum Gasteiger partial charge on any atom is -0.484 e. The molecule has 0 saturated heterocycles. The summed E-state index contributed by atoms with van der Waals surface area (Å²) in [6.45, 7) is 1.28. The Morgan fingerprint density at radius 1 is 1.22 bits per heavy atom. The number of ether oxygens (including phenoxy) is 2. The molecule has 2 amide bonds. The standard InChI is InChI=1S/C22H20F4N4O6S/c1-13(31)28-10-16-11-30(37(33,34)17-6-3-14(23)4-7-17)18-9-15(5-8-19(18)35-16)29-20(32)36-21(2,12-27)22(24,25)26/h3-9,16H,10-11H2,1-2H3,(H,28,31)(H,29,32)/t16-,21?/m0/s1. The summed E-state index contributed by atoms with van der Waals surface area (Å²) in [6.07, 6.45) is -7.63. The van der Waals surface area contributed by atoms with Gasteiger partial charge in [0.05, 0.1) is 23.7 Å². The lowest BCUT2D eigenvalue weighted by atomic mass is 10.1. The van der Waals surface area contributed by atoms with Crippen LogP contribution in [0.2, 0.25) is 0 Å². The molecule has 1 heterocycles. The van der Waals surface area contributed by atoms with Gasteiger partial charge in [-0.15, -0.1) is 0 Å². The van der Waals surface area contributed by atoms with Crippen LogP contribution in [0.1, 0.15) is 13.8 Å². The average molecular weight is 544 g/mol. The zero-order chi connectivity index (χ0) is 27.6. The number of fused-ring (bicyclic) bond motifs is 1. The molecule has 0 saturated carbocycles. The molecule has 2 atom stereocenters. The first-order valence-electron chi connectivity index (χ1n) is 10.5. The molecular formula is C22H20F4N4O6S. The molecule has 2 aromatic carbocycles. The Balaban J connectivity index is 1.96. The van der Waals surface area contributed by atoms with Crippen LogP contribution in [0, 0.1) is 17.1 Å². The van der Waals surface area contributed by atoms with E-state index in [1.807, 2.05) is 5.32 Å². The van der Waals surface area contributed by atoms with Crippen LogP contribution >= 0.6 is 0 Å². The Bertz CT molecular complexity index is 1340. The van der Waals surface area contributed by atoms with E-state index in [0.29, 0.717) is 6.92 Å². The molecule has 198 valence electrons. The number of amides is 2. The number of alkyl halides is 3. The second-order valence-corrected chi connectivity index (χ2v) is 9.87. The second kappa shape index (κ2) is 10.1. The number of nitrogens with zero attached hydrogens (tertiary/aromatic N) is 2. The molecule has 0 bridgehead atoms. The third-order valence-electron chi connectivity index (χ3n) is 5.17. The molecule has 37 heavy (non-hydrogen) atoms. The van der Waals surface area contributed by atoms with Gasteiger partial charge in [0, 0.05) is 12.6 Å². The van der Waals surface area contributed by atoms with Crippen molar-refractivity contribution in [2.45, 2.75) is 36.6 Å². The minimum atomic E-state index is -5.17. The van der Waals surface area contributed by atoms with Crippen LogP contribution in [-0.2, 0) is 19.6 Å². The molecule has 15 heteroatoms. The van der Waals surface area contributed by atoms with Crippen molar-refractivity contribution < 1.29 is 45.0 Å². The lowest BCUT2D eigenvalue weighted by Gasteiger charge is -2.35.